The molecule has 0 unspecified atom stereocenters. The topological polar surface area (TPSA) is 111 Å². The van der Waals surface area contributed by atoms with Gasteiger partial charge in [-0.3, -0.25) is 0 Å². The second-order valence-corrected chi connectivity index (χ2v) is 52.1. The lowest BCUT2D eigenvalue weighted by molar-refractivity contribution is 0.0765. The van der Waals surface area contributed by atoms with Crippen molar-refractivity contribution in [3.8, 4) is 0 Å². The van der Waals surface area contributed by atoms with Gasteiger partial charge in [0.25, 0.3) is 0 Å². The molecule has 72 heavy (non-hydrogen) atoms. The Kier molecular flexibility index (Phi) is 50.9. The molecular formula is C40H88O12S16Si4. The van der Waals surface area contributed by atoms with Crippen LogP contribution >= 0.6 is 165 Å². The normalized spacial score (nSPS) is 16.5. The molecule has 0 aromatic heterocycles. The zero-order valence-electron chi connectivity index (χ0n) is 44.8. The highest BCUT2D eigenvalue weighted by Crippen LogP contribution is 2.75. The van der Waals surface area contributed by atoms with Gasteiger partial charge in [-0.05, 0) is 175 Å². The van der Waals surface area contributed by atoms with E-state index in [9.17, 15) is 0 Å². The Balaban J connectivity index is 3.88. The van der Waals surface area contributed by atoms with E-state index in [1.54, 1.807) is 43.2 Å². The molecule has 1 rings (SSSR count). The fourth-order valence-corrected chi connectivity index (χ4v) is 60.9. The lowest BCUT2D eigenvalue weighted by atomic mass is 9.99. The number of hydrogen-bond donors (Lipinski definition) is 0. The summed E-state index contributed by atoms with van der Waals surface area (Å²) in [4.78, 5) is 0. The smallest absolute Gasteiger partial charge is 0.373 e. The molecule has 0 heterocycles. The standard InChI is InChI=1S/C40H88O12S16Si4/c1-13-41-69(42-14-2,43-15-3)35-53-61-65-57-39(58-66-62-54-36-70(44-16-4,45-17-5)46-18-6)33-31-29-27-25-26-28-30-32-34-40(39,59-67-63-55-37-71(47-19-7,48-20-8)49-21-9)60-68-64-56-38-72(50-22-10,51-23-11)52-24-12/h13-38H2,1-12H3. The minimum atomic E-state index is -2.84. The first kappa shape index (κ1) is 76.0. The minimum Gasteiger partial charge on any atom is -0.373 e. The van der Waals surface area contributed by atoms with E-state index >= 15 is 0 Å². The summed E-state index contributed by atoms with van der Waals surface area (Å²) >= 11 is 0. The van der Waals surface area contributed by atoms with E-state index in [1.165, 1.54) is 38.5 Å². The van der Waals surface area contributed by atoms with Crippen molar-refractivity contribution in [3.63, 3.8) is 0 Å². The third kappa shape index (κ3) is 30.7. The van der Waals surface area contributed by atoms with Gasteiger partial charge in [-0.25, -0.2) is 0 Å². The van der Waals surface area contributed by atoms with Gasteiger partial charge in [-0.1, -0.05) is 138 Å². The Hall–Kier alpha value is 5.99. The predicted octanol–water partition coefficient (Wildman–Crippen LogP) is 18.4. The summed E-state index contributed by atoms with van der Waals surface area (Å²) in [6.45, 7) is 31.0. The Labute approximate surface area is 503 Å². The summed E-state index contributed by atoms with van der Waals surface area (Å²) < 4.78 is 74.9. The van der Waals surface area contributed by atoms with Gasteiger partial charge in [0.15, 0.2) is 0 Å². The Morgan fingerprint density at radius 2 is 0.417 bits per heavy atom. The number of hydrogen-bond acceptors (Lipinski definition) is 28. The maximum Gasteiger partial charge on any atom is 0.512 e. The molecule has 0 radical (unpaired) electrons. The molecule has 12 nitrogen and oxygen atoms in total. The van der Waals surface area contributed by atoms with E-state index in [-0.39, 0.29) is 8.16 Å². The summed E-state index contributed by atoms with van der Waals surface area (Å²) in [6, 6.07) is 0. The van der Waals surface area contributed by atoms with Crippen LogP contribution in [-0.4, -0.2) is 144 Å². The van der Waals surface area contributed by atoms with Crippen LogP contribution in [0.15, 0.2) is 0 Å². The summed E-state index contributed by atoms with van der Waals surface area (Å²) in [6.07, 6.45) is 12.0. The highest BCUT2D eigenvalue weighted by Gasteiger charge is 2.56. The third-order valence-electron chi connectivity index (χ3n) is 9.63. The third-order valence-corrected chi connectivity index (χ3v) is 57.1. The molecule has 0 atom stereocenters. The molecule has 0 aromatic rings. The molecule has 1 aliphatic carbocycles. The van der Waals surface area contributed by atoms with Crippen LogP contribution in [0, 0.1) is 0 Å². The van der Waals surface area contributed by atoms with Crippen LogP contribution in [0.2, 0.25) is 0 Å². The highest BCUT2D eigenvalue weighted by atomic mass is 33.7. The number of rotatable bonds is 48. The summed E-state index contributed by atoms with van der Waals surface area (Å²) in [5.74, 6) is 0. The first-order valence-corrected chi connectivity index (χ1v) is 52.9. The Bertz CT molecular complexity index is 1040. The average molecular weight is 1390 g/mol. The molecule has 0 bridgehead atoms. The van der Waals surface area contributed by atoms with E-state index in [1.807, 2.05) is 162 Å². The van der Waals surface area contributed by atoms with Crippen LogP contribution in [0.4, 0.5) is 0 Å². The summed E-state index contributed by atoms with van der Waals surface area (Å²) in [7, 11) is 19.0. The molecular weight excluding hydrogens is 1300 g/mol. The van der Waals surface area contributed by atoms with Crippen molar-refractivity contribution < 1.29 is 53.1 Å². The van der Waals surface area contributed by atoms with Gasteiger partial charge in [0, 0.05) is 79.3 Å². The average Bonchev–Trinajstić information content (AvgIpc) is 3.34. The molecule has 0 amide bonds. The van der Waals surface area contributed by atoms with Gasteiger partial charge in [0.05, 0.1) is 21.5 Å². The van der Waals surface area contributed by atoms with Gasteiger partial charge in [0.1, 0.15) is 8.16 Å². The van der Waals surface area contributed by atoms with Crippen LogP contribution in [0.5, 0.6) is 0 Å². The first-order chi connectivity index (χ1) is 35.0. The molecule has 1 fully saturated rings. The quantitative estimate of drug-likeness (QED) is 0.0249. The highest BCUT2D eigenvalue weighted by molar-refractivity contribution is 9.31. The second kappa shape index (κ2) is 48.2. The molecule has 432 valence electrons. The van der Waals surface area contributed by atoms with Crippen LogP contribution in [0.3, 0.4) is 0 Å². The van der Waals surface area contributed by atoms with E-state index in [2.05, 4.69) is 43.2 Å². The SMILES string of the molecule is CCO[Si](CSSSSC1(SSSSC[Si](OCC)(OCC)OCC)CCCCCCCCCCC1(SSSSC[Si](OCC)(OCC)OCC)SSSSC[Si](OCC)(OCC)OCC)(OCC)OCC. The van der Waals surface area contributed by atoms with Crippen LogP contribution < -0.4 is 0 Å². The minimum absolute atomic E-state index is 0.238. The molecule has 1 saturated carbocycles. The zero-order chi connectivity index (χ0) is 53.2. The molecule has 0 N–H and O–H groups in total. The van der Waals surface area contributed by atoms with Crippen LogP contribution in [0.1, 0.15) is 147 Å². The van der Waals surface area contributed by atoms with Crippen molar-refractivity contribution in [1.82, 2.24) is 0 Å². The second-order valence-electron chi connectivity index (χ2n) is 14.7. The first-order valence-electron chi connectivity index (χ1n) is 25.2. The van der Waals surface area contributed by atoms with Gasteiger partial charge in [0.2, 0.25) is 0 Å². The fourth-order valence-electron chi connectivity index (χ4n) is 6.98. The van der Waals surface area contributed by atoms with Gasteiger partial charge >= 0.3 is 35.2 Å². The summed E-state index contributed by atoms with van der Waals surface area (Å²) in [5, 5.41) is 2.73. The largest absolute Gasteiger partial charge is 0.512 e. The molecule has 1 aliphatic rings. The van der Waals surface area contributed by atoms with Crippen molar-refractivity contribution in [2.24, 2.45) is 0 Å². The molecule has 32 heteroatoms. The lowest BCUT2D eigenvalue weighted by Crippen LogP contribution is -2.49. The van der Waals surface area contributed by atoms with Crippen molar-refractivity contribution in [3.05, 3.63) is 0 Å². The lowest BCUT2D eigenvalue weighted by Gasteiger charge is -2.47. The van der Waals surface area contributed by atoms with E-state index in [4.69, 9.17) is 53.1 Å². The van der Waals surface area contributed by atoms with E-state index in [0.717, 1.165) is 25.7 Å². The predicted molar refractivity (Wildman–Crippen MR) is 355 cm³/mol. The molecule has 0 aromatic carbocycles. The van der Waals surface area contributed by atoms with Crippen LogP contribution in [0.25, 0.3) is 0 Å². The maximum absolute atomic E-state index is 6.28. The fraction of sp³-hybridized carbons (Fsp3) is 1.00. The monoisotopic (exact) mass is 1380 g/mol. The van der Waals surface area contributed by atoms with Gasteiger partial charge < -0.3 is 53.1 Å². The van der Waals surface area contributed by atoms with Crippen molar-refractivity contribution in [1.29, 1.82) is 0 Å². The summed E-state index contributed by atoms with van der Waals surface area (Å²) in [5.41, 5.74) is 0. The van der Waals surface area contributed by atoms with Crippen molar-refractivity contribution in [2.75, 3.05) is 101 Å². The van der Waals surface area contributed by atoms with Crippen molar-refractivity contribution >= 4 is 200 Å². The van der Waals surface area contributed by atoms with Gasteiger partial charge in [-0.15, -0.1) is 0 Å². The molecule has 0 saturated heterocycles. The van der Waals surface area contributed by atoms with Crippen LogP contribution in [-0.2, 0) is 53.1 Å². The van der Waals surface area contributed by atoms with Gasteiger partial charge in [-0.2, -0.15) is 0 Å². The van der Waals surface area contributed by atoms with E-state index in [0.29, 0.717) is 101 Å². The Morgan fingerprint density at radius 1 is 0.250 bits per heavy atom. The molecule has 0 spiro atoms. The zero-order valence-corrected chi connectivity index (χ0v) is 61.9. The van der Waals surface area contributed by atoms with E-state index < -0.39 is 35.2 Å². The molecule has 0 aliphatic heterocycles. The van der Waals surface area contributed by atoms with Crippen molar-refractivity contribution in [2.45, 2.75) is 155 Å². The Morgan fingerprint density at radius 3 is 0.583 bits per heavy atom. The maximum atomic E-state index is 6.28.